The Kier molecular flexibility index (Phi) is 4.67. The zero-order valence-corrected chi connectivity index (χ0v) is 14.8. The van der Waals surface area contributed by atoms with Crippen LogP contribution in [0.25, 0.3) is 11.4 Å². The largest absolute Gasteiger partial charge is 0.339 e. The summed E-state index contributed by atoms with van der Waals surface area (Å²) in [6.07, 6.45) is 3.10. The Balaban J connectivity index is 1.40. The van der Waals surface area contributed by atoms with Crippen molar-refractivity contribution in [3.63, 3.8) is 0 Å². The first-order valence-corrected chi connectivity index (χ1v) is 8.88. The zero-order valence-electron chi connectivity index (χ0n) is 14.0. The second-order valence-electron chi connectivity index (χ2n) is 6.26. The lowest BCUT2D eigenvalue weighted by atomic mass is 9.96. The van der Waals surface area contributed by atoms with Crippen LogP contribution in [0, 0.1) is 0 Å². The first-order chi connectivity index (χ1) is 12.7. The third-order valence-corrected chi connectivity index (χ3v) is 4.80. The standard InChI is InChI=1S/C19H17ClN4O2/c20-16-7-6-15(12-21-16)19(25)24-10-8-14(9-11-24)18-22-17(23-26-18)13-4-2-1-3-5-13/h1-7,12,14H,8-11H2. The van der Waals surface area contributed by atoms with E-state index >= 15 is 0 Å². The molecule has 0 saturated carbocycles. The number of pyridine rings is 1. The van der Waals surface area contributed by atoms with E-state index in [1.165, 1.54) is 6.20 Å². The predicted molar refractivity (Wildman–Crippen MR) is 96.9 cm³/mol. The van der Waals surface area contributed by atoms with E-state index in [1.807, 2.05) is 35.2 Å². The van der Waals surface area contributed by atoms with Gasteiger partial charge in [-0.25, -0.2) is 4.98 Å². The summed E-state index contributed by atoms with van der Waals surface area (Å²) in [4.78, 5) is 22.9. The summed E-state index contributed by atoms with van der Waals surface area (Å²) in [5.74, 6) is 1.39. The number of halogens is 1. The number of hydrogen-bond acceptors (Lipinski definition) is 5. The number of nitrogens with zero attached hydrogens (tertiary/aromatic N) is 4. The van der Waals surface area contributed by atoms with Gasteiger partial charge in [0.25, 0.3) is 5.91 Å². The fraction of sp³-hybridized carbons (Fsp3) is 0.263. The summed E-state index contributed by atoms with van der Waals surface area (Å²) in [6.45, 7) is 1.30. The number of carbonyl (C=O) groups excluding carboxylic acids is 1. The molecular weight excluding hydrogens is 352 g/mol. The van der Waals surface area contributed by atoms with Gasteiger partial charge in [0.2, 0.25) is 11.7 Å². The Morgan fingerprint density at radius 1 is 1.12 bits per heavy atom. The van der Waals surface area contributed by atoms with Gasteiger partial charge in [-0.1, -0.05) is 47.1 Å². The van der Waals surface area contributed by atoms with Crippen LogP contribution in [0.1, 0.15) is 35.0 Å². The molecule has 0 unspecified atom stereocenters. The van der Waals surface area contributed by atoms with Crippen molar-refractivity contribution < 1.29 is 9.32 Å². The number of likely N-dealkylation sites (tertiary alicyclic amines) is 1. The van der Waals surface area contributed by atoms with Gasteiger partial charge in [-0.3, -0.25) is 4.79 Å². The van der Waals surface area contributed by atoms with Crippen LogP contribution in [0.5, 0.6) is 0 Å². The molecule has 26 heavy (non-hydrogen) atoms. The minimum atomic E-state index is -0.0249. The maximum atomic E-state index is 12.5. The second kappa shape index (κ2) is 7.25. The lowest BCUT2D eigenvalue weighted by Gasteiger charge is -2.30. The van der Waals surface area contributed by atoms with Gasteiger partial charge in [0, 0.05) is 30.8 Å². The van der Waals surface area contributed by atoms with Crippen LogP contribution in [-0.4, -0.2) is 39.0 Å². The Hall–Kier alpha value is -2.73. The summed E-state index contributed by atoms with van der Waals surface area (Å²) >= 11 is 5.78. The van der Waals surface area contributed by atoms with Gasteiger partial charge in [0.15, 0.2) is 0 Å². The van der Waals surface area contributed by atoms with Crippen LogP contribution in [0.4, 0.5) is 0 Å². The normalized spacial score (nSPS) is 15.2. The average molecular weight is 369 g/mol. The fourth-order valence-electron chi connectivity index (χ4n) is 3.12. The van der Waals surface area contributed by atoms with Crippen LogP contribution < -0.4 is 0 Å². The predicted octanol–water partition coefficient (Wildman–Crippen LogP) is 3.80. The molecule has 4 rings (SSSR count). The van der Waals surface area contributed by atoms with Gasteiger partial charge >= 0.3 is 0 Å². The molecule has 0 N–H and O–H groups in total. The van der Waals surface area contributed by atoms with Crippen molar-refractivity contribution in [1.82, 2.24) is 20.0 Å². The first kappa shape index (κ1) is 16.7. The van der Waals surface area contributed by atoms with Gasteiger partial charge < -0.3 is 9.42 Å². The van der Waals surface area contributed by atoms with Gasteiger partial charge in [-0.2, -0.15) is 4.98 Å². The van der Waals surface area contributed by atoms with E-state index in [-0.39, 0.29) is 11.8 Å². The van der Waals surface area contributed by atoms with E-state index in [0.717, 1.165) is 18.4 Å². The summed E-state index contributed by atoms with van der Waals surface area (Å²) in [6, 6.07) is 13.1. The fourth-order valence-corrected chi connectivity index (χ4v) is 3.23. The van der Waals surface area contributed by atoms with Gasteiger partial charge in [-0.15, -0.1) is 0 Å². The van der Waals surface area contributed by atoms with E-state index in [0.29, 0.717) is 35.5 Å². The quantitative estimate of drug-likeness (QED) is 0.657. The Morgan fingerprint density at radius 3 is 2.58 bits per heavy atom. The summed E-state index contributed by atoms with van der Waals surface area (Å²) in [5.41, 5.74) is 1.49. The van der Waals surface area contributed by atoms with E-state index in [4.69, 9.17) is 16.1 Å². The van der Waals surface area contributed by atoms with Crippen LogP contribution >= 0.6 is 11.6 Å². The molecule has 6 nitrogen and oxygen atoms in total. The van der Waals surface area contributed by atoms with Gasteiger partial charge in [0.1, 0.15) is 5.15 Å². The van der Waals surface area contributed by atoms with E-state index in [2.05, 4.69) is 15.1 Å². The lowest BCUT2D eigenvalue weighted by molar-refractivity contribution is 0.0704. The van der Waals surface area contributed by atoms with Crippen molar-refractivity contribution in [3.8, 4) is 11.4 Å². The number of aromatic nitrogens is 3. The van der Waals surface area contributed by atoms with Crippen LogP contribution in [0.15, 0.2) is 53.2 Å². The second-order valence-corrected chi connectivity index (χ2v) is 6.65. The molecule has 0 radical (unpaired) electrons. The molecule has 1 aromatic carbocycles. The molecule has 3 heterocycles. The van der Waals surface area contributed by atoms with E-state index in [9.17, 15) is 4.79 Å². The zero-order chi connectivity index (χ0) is 17.9. The molecule has 1 saturated heterocycles. The number of carbonyl (C=O) groups is 1. The van der Waals surface area contributed by atoms with Crippen LogP contribution in [-0.2, 0) is 0 Å². The monoisotopic (exact) mass is 368 g/mol. The molecule has 0 bridgehead atoms. The third-order valence-electron chi connectivity index (χ3n) is 4.58. The lowest BCUT2D eigenvalue weighted by Crippen LogP contribution is -2.38. The summed E-state index contributed by atoms with van der Waals surface area (Å²) < 4.78 is 5.46. The van der Waals surface area contributed by atoms with Crippen molar-refractivity contribution in [2.45, 2.75) is 18.8 Å². The van der Waals surface area contributed by atoms with Gasteiger partial charge in [0.05, 0.1) is 5.56 Å². The highest BCUT2D eigenvalue weighted by atomic mass is 35.5. The van der Waals surface area contributed by atoms with Crippen molar-refractivity contribution in [2.75, 3.05) is 13.1 Å². The topological polar surface area (TPSA) is 72.1 Å². The average Bonchev–Trinajstić information content (AvgIpc) is 3.19. The molecule has 2 aromatic heterocycles. The maximum Gasteiger partial charge on any atom is 0.255 e. The number of rotatable bonds is 3. The van der Waals surface area contributed by atoms with Crippen molar-refractivity contribution in [3.05, 3.63) is 65.3 Å². The first-order valence-electron chi connectivity index (χ1n) is 8.50. The molecule has 0 spiro atoms. The minimum Gasteiger partial charge on any atom is -0.339 e. The van der Waals surface area contributed by atoms with Gasteiger partial charge in [-0.05, 0) is 25.0 Å². The van der Waals surface area contributed by atoms with Crippen molar-refractivity contribution in [2.24, 2.45) is 0 Å². The molecule has 1 fully saturated rings. The molecule has 1 aliphatic heterocycles. The molecule has 1 amide bonds. The maximum absolute atomic E-state index is 12.5. The number of benzene rings is 1. The van der Waals surface area contributed by atoms with E-state index < -0.39 is 0 Å². The summed E-state index contributed by atoms with van der Waals surface area (Å²) in [5, 5.41) is 4.46. The molecule has 0 aliphatic carbocycles. The molecular formula is C19H17ClN4O2. The molecule has 7 heteroatoms. The number of amides is 1. The van der Waals surface area contributed by atoms with Crippen LogP contribution in [0.2, 0.25) is 5.15 Å². The molecule has 3 aromatic rings. The van der Waals surface area contributed by atoms with Crippen molar-refractivity contribution in [1.29, 1.82) is 0 Å². The Labute approximate surface area is 155 Å². The molecule has 1 aliphatic rings. The highest BCUT2D eigenvalue weighted by Gasteiger charge is 2.28. The molecule has 132 valence electrons. The third kappa shape index (κ3) is 3.46. The highest BCUT2D eigenvalue weighted by molar-refractivity contribution is 6.29. The van der Waals surface area contributed by atoms with Crippen LogP contribution in [0.3, 0.4) is 0 Å². The highest BCUT2D eigenvalue weighted by Crippen LogP contribution is 2.29. The Morgan fingerprint density at radius 2 is 1.88 bits per heavy atom. The number of hydrogen-bond donors (Lipinski definition) is 0. The van der Waals surface area contributed by atoms with Crippen molar-refractivity contribution >= 4 is 17.5 Å². The Bertz CT molecular complexity index is 887. The minimum absolute atomic E-state index is 0.0249. The van der Waals surface area contributed by atoms with E-state index in [1.54, 1.807) is 12.1 Å². The summed E-state index contributed by atoms with van der Waals surface area (Å²) in [7, 11) is 0. The smallest absolute Gasteiger partial charge is 0.255 e. The SMILES string of the molecule is O=C(c1ccc(Cl)nc1)N1CCC(c2nc(-c3ccccc3)no2)CC1. The molecule has 0 atom stereocenters. The number of piperidine rings is 1.